The van der Waals surface area contributed by atoms with E-state index in [1.54, 1.807) is 6.07 Å². The Balaban J connectivity index is 2.14. The second-order valence-corrected chi connectivity index (χ2v) is 7.50. The summed E-state index contributed by atoms with van der Waals surface area (Å²) < 4.78 is 26.7. The summed E-state index contributed by atoms with van der Waals surface area (Å²) in [5, 5.41) is 9.37. The number of aliphatic hydroxyl groups is 1. The molecule has 21 heavy (non-hydrogen) atoms. The summed E-state index contributed by atoms with van der Waals surface area (Å²) in [6.07, 6.45) is 1.07. The first-order valence-corrected chi connectivity index (χ1v) is 8.92. The van der Waals surface area contributed by atoms with Crippen molar-refractivity contribution in [2.45, 2.75) is 24.8 Å². The van der Waals surface area contributed by atoms with Gasteiger partial charge in [-0.25, -0.2) is 8.42 Å². The van der Waals surface area contributed by atoms with Gasteiger partial charge in [0.25, 0.3) is 0 Å². The molecule has 0 saturated carbocycles. The van der Waals surface area contributed by atoms with E-state index in [0.29, 0.717) is 18.7 Å². The molecule has 7 heteroatoms. The molecule has 0 bridgehead atoms. The van der Waals surface area contributed by atoms with Crippen LogP contribution in [0.15, 0.2) is 23.1 Å². The minimum atomic E-state index is -3.51. The van der Waals surface area contributed by atoms with E-state index in [2.05, 4.69) is 11.8 Å². The fourth-order valence-corrected chi connectivity index (χ4v) is 4.23. The van der Waals surface area contributed by atoms with E-state index in [9.17, 15) is 8.42 Å². The first-order chi connectivity index (χ1) is 9.98. The predicted octanol–water partition coefficient (Wildman–Crippen LogP) is 1.55. The molecule has 5 nitrogen and oxygen atoms in total. The molecule has 1 N–H and O–H groups in total. The van der Waals surface area contributed by atoms with Gasteiger partial charge < -0.3 is 10.0 Å². The van der Waals surface area contributed by atoms with Gasteiger partial charge in [0.15, 0.2) is 0 Å². The fraction of sp³-hybridized carbons (Fsp3) is 0.571. The van der Waals surface area contributed by atoms with Crippen molar-refractivity contribution in [3.8, 4) is 0 Å². The summed E-state index contributed by atoms with van der Waals surface area (Å²) >= 11 is 5.99. The summed E-state index contributed by atoms with van der Waals surface area (Å²) in [6, 6.07) is 4.48. The smallest absolute Gasteiger partial charge is 0.243 e. The first kappa shape index (κ1) is 16.7. The van der Waals surface area contributed by atoms with Gasteiger partial charge in [0.2, 0.25) is 10.0 Å². The molecule has 1 fully saturated rings. The van der Waals surface area contributed by atoms with Gasteiger partial charge in [-0.1, -0.05) is 24.6 Å². The molecular formula is C14H21ClN2O3S. The van der Waals surface area contributed by atoms with Crippen LogP contribution >= 0.6 is 11.6 Å². The van der Waals surface area contributed by atoms with Gasteiger partial charge in [0.1, 0.15) is 0 Å². The summed E-state index contributed by atoms with van der Waals surface area (Å²) in [5.74, 6) is 0. The van der Waals surface area contributed by atoms with Crippen LogP contribution in [0.2, 0.25) is 5.02 Å². The van der Waals surface area contributed by atoms with E-state index >= 15 is 0 Å². The van der Waals surface area contributed by atoms with Crippen LogP contribution in [-0.4, -0.2) is 55.5 Å². The van der Waals surface area contributed by atoms with E-state index in [1.165, 1.54) is 16.4 Å². The Bertz CT molecular complexity index is 584. The van der Waals surface area contributed by atoms with E-state index < -0.39 is 10.0 Å². The van der Waals surface area contributed by atoms with Crippen molar-refractivity contribution in [2.75, 3.05) is 32.7 Å². The highest BCUT2D eigenvalue weighted by molar-refractivity contribution is 7.89. The van der Waals surface area contributed by atoms with Crippen LogP contribution in [0.1, 0.15) is 18.9 Å². The van der Waals surface area contributed by atoms with E-state index in [1.807, 2.05) is 0 Å². The van der Waals surface area contributed by atoms with Gasteiger partial charge in [-0.05, 0) is 30.7 Å². The van der Waals surface area contributed by atoms with Crippen LogP contribution in [0.4, 0.5) is 0 Å². The summed E-state index contributed by atoms with van der Waals surface area (Å²) in [4.78, 5) is 2.46. The molecule has 1 aliphatic rings. The zero-order chi connectivity index (χ0) is 15.5. The van der Waals surface area contributed by atoms with E-state index in [4.69, 9.17) is 16.7 Å². The molecule has 1 aromatic carbocycles. The molecule has 118 valence electrons. The Kier molecular flexibility index (Phi) is 5.62. The van der Waals surface area contributed by atoms with Crippen LogP contribution in [0.3, 0.4) is 0 Å². The molecule has 1 heterocycles. The van der Waals surface area contributed by atoms with Gasteiger partial charge in [0.05, 0.1) is 11.5 Å². The standard InChI is InChI=1S/C14H21ClN2O3S/c1-2-5-16-6-8-17(9-7-16)21(19,20)13-4-3-12(11-18)14(15)10-13/h3-4,10,18H,2,5-9,11H2,1H3. The number of hydrogen-bond donors (Lipinski definition) is 1. The van der Waals surface area contributed by atoms with Crippen molar-refractivity contribution >= 4 is 21.6 Å². The Morgan fingerprint density at radius 3 is 2.43 bits per heavy atom. The fourth-order valence-electron chi connectivity index (χ4n) is 2.48. The molecule has 0 unspecified atom stereocenters. The quantitative estimate of drug-likeness (QED) is 0.888. The number of rotatable bonds is 5. The van der Waals surface area contributed by atoms with Crippen molar-refractivity contribution in [3.05, 3.63) is 28.8 Å². The Morgan fingerprint density at radius 2 is 1.90 bits per heavy atom. The van der Waals surface area contributed by atoms with Crippen LogP contribution in [0.5, 0.6) is 0 Å². The largest absolute Gasteiger partial charge is 0.392 e. The van der Waals surface area contributed by atoms with Crippen LogP contribution in [0, 0.1) is 0 Å². The first-order valence-electron chi connectivity index (χ1n) is 7.11. The molecule has 1 saturated heterocycles. The summed E-state index contributed by atoms with van der Waals surface area (Å²) in [7, 11) is -3.51. The normalized spacial score (nSPS) is 18.0. The maximum atomic E-state index is 12.6. The maximum Gasteiger partial charge on any atom is 0.243 e. The van der Waals surface area contributed by atoms with Crippen molar-refractivity contribution in [2.24, 2.45) is 0 Å². The van der Waals surface area contributed by atoms with Gasteiger partial charge in [-0.15, -0.1) is 0 Å². The molecule has 0 aromatic heterocycles. The Labute approximate surface area is 131 Å². The minimum absolute atomic E-state index is 0.189. The van der Waals surface area contributed by atoms with Crippen LogP contribution in [-0.2, 0) is 16.6 Å². The van der Waals surface area contributed by atoms with E-state index in [0.717, 1.165) is 26.1 Å². The van der Waals surface area contributed by atoms with Crippen molar-refractivity contribution < 1.29 is 13.5 Å². The zero-order valence-corrected chi connectivity index (χ0v) is 13.7. The molecule has 0 atom stereocenters. The highest BCUT2D eigenvalue weighted by atomic mass is 35.5. The molecule has 2 rings (SSSR count). The Morgan fingerprint density at radius 1 is 1.24 bits per heavy atom. The van der Waals surface area contributed by atoms with Crippen LogP contribution < -0.4 is 0 Å². The lowest BCUT2D eigenvalue weighted by molar-refractivity contribution is 0.188. The number of halogens is 1. The number of sulfonamides is 1. The van der Waals surface area contributed by atoms with Crippen molar-refractivity contribution in [1.29, 1.82) is 0 Å². The number of piperazine rings is 1. The lowest BCUT2D eigenvalue weighted by atomic mass is 10.2. The Hall–Kier alpha value is -0.660. The molecule has 0 spiro atoms. The highest BCUT2D eigenvalue weighted by Crippen LogP contribution is 2.24. The minimum Gasteiger partial charge on any atom is -0.392 e. The molecule has 0 radical (unpaired) electrons. The second-order valence-electron chi connectivity index (χ2n) is 5.16. The maximum absolute atomic E-state index is 12.6. The van der Waals surface area contributed by atoms with E-state index in [-0.39, 0.29) is 16.5 Å². The van der Waals surface area contributed by atoms with Gasteiger partial charge in [0, 0.05) is 31.2 Å². The third kappa shape index (κ3) is 3.76. The summed E-state index contributed by atoms with van der Waals surface area (Å²) in [6.45, 7) is 5.45. The molecule has 0 aliphatic carbocycles. The number of hydrogen-bond acceptors (Lipinski definition) is 4. The zero-order valence-electron chi connectivity index (χ0n) is 12.1. The number of nitrogens with zero attached hydrogens (tertiary/aromatic N) is 2. The molecule has 1 aromatic rings. The van der Waals surface area contributed by atoms with Crippen molar-refractivity contribution in [3.63, 3.8) is 0 Å². The third-order valence-corrected chi connectivity index (χ3v) is 5.95. The third-order valence-electron chi connectivity index (χ3n) is 3.70. The second kappa shape index (κ2) is 7.07. The molecular weight excluding hydrogens is 312 g/mol. The lowest BCUT2D eigenvalue weighted by Crippen LogP contribution is -2.48. The van der Waals surface area contributed by atoms with Crippen molar-refractivity contribution in [1.82, 2.24) is 9.21 Å². The number of benzene rings is 1. The monoisotopic (exact) mass is 332 g/mol. The predicted molar refractivity (Wildman–Crippen MR) is 82.9 cm³/mol. The van der Waals surface area contributed by atoms with Gasteiger partial charge in [-0.3, -0.25) is 0 Å². The average molecular weight is 333 g/mol. The SMILES string of the molecule is CCCN1CCN(S(=O)(=O)c2ccc(CO)c(Cl)c2)CC1. The lowest BCUT2D eigenvalue weighted by Gasteiger charge is -2.33. The average Bonchev–Trinajstić information content (AvgIpc) is 2.48. The molecule has 1 aliphatic heterocycles. The molecule has 0 amide bonds. The number of aliphatic hydroxyl groups excluding tert-OH is 1. The van der Waals surface area contributed by atoms with Gasteiger partial charge >= 0.3 is 0 Å². The van der Waals surface area contributed by atoms with Gasteiger partial charge in [-0.2, -0.15) is 4.31 Å². The van der Waals surface area contributed by atoms with Crippen LogP contribution in [0.25, 0.3) is 0 Å². The highest BCUT2D eigenvalue weighted by Gasteiger charge is 2.28. The topological polar surface area (TPSA) is 60.9 Å². The summed E-state index contributed by atoms with van der Waals surface area (Å²) in [5.41, 5.74) is 0.531.